The summed E-state index contributed by atoms with van der Waals surface area (Å²) < 4.78 is 0. The molecule has 0 bridgehead atoms. The average molecular weight is 252 g/mol. The van der Waals surface area contributed by atoms with E-state index >= 15 is 0 Å². The summed E-state index contributed by atoms with van der Waals surface area (Å²) in [4.78, 5) is 12.5. The Morgan fingerprint density at radius 1 is 1.35 bits per heavy atom. The summed E-state index contributed by atoms with van der Waals surface area (Å²) in [7, 11) is 0. The van der Waals surface area contributed by atoms with Crippen LogP contribution in [-0.4, -0.2) is 24.7 Å². The van der Waals surface area contributed by atoms with Gasteiger partial charge in [0.1, 0.15) is 0 Å². The maximum atomic E-state index is 11.2. The Morgan fingerprint density at radius 3 is 2.65 bits per heavy atom. The summed E-state index contributed by atoms with van der Waals surface area (Å²) in [5.74, 6) is 1.12. The molecule has 0 aliphatic heterocycles. The fourth-order valence-electron chi connectivity index (χ4n) is 1.48. The minimum atomic E-state index is 0.0330. The third-order valence-electron chi connectivity index (χ3n) is 2.34. The highest BCUT2D eigenvalue weighted by molar-refractivity contribution is 7.99. The van der Waals surface area contributed by atoms with Crippen molar-refractivity contribution in [2.24, 2.45) is 5.73 Å². The van der Waals surface area contributed by atoms with E-state index in [1.54, 1.807) is 0 Å². The van der Waals surface area contributed by atoms with E-state index in [2.05, 4.69) is 36.5 Å². The van der Waals surface area contributed by atoms with Crippen molar-refractivity contribution in [3.05, 3.63) is 29.8 Å². The van der Waals surface area contributed by atoms with Crippen LogP contribution in [0.15, 0.2) is 29.2 Å². The predicted octanol–water partition coefficient (Wildman–Crippen LogP) is 1.81. The summed E-state index contributed by atoms with van der Waals surface area (Å²) in [6, 6.07) is 8.50. The van der Waals surface area contributed by atoms with Crippen molar-refractivity contribution in [2.45, 2.75) is 24.7 Å². The van der Waals surface area contributed by atoms with Gasteiger partial charge in [0.15, 0.2) is 0 Å². The zero-order valence-corrected chi connectivity index (χ0v) is 11.1. The van der Waals surface area contributed by atoms with E-state index in [1.165, 1.54) is 10.5 Å². The number of nitrogens with one attached hydrogen (secondary N) is 1. The molecule has 0 aromatic heterocycles. The molecular formula is C13H20N2OS. The van der Waals surface area contributed by atoms with Gasteiger partial charge in [-0.1, -0.05) is 19.1 Å². The molecule has 3 N–H and O–H groups in total. The quantitative estimate of drug-likeness (QED) is 0.728. The summed E-state index contributed by atoms with van der Waals surface area (Å²) in [5, 5.41) is 2.85. The number of amides is 1. The number of thioether (sulfide) groups is 1. The van der Waals surface area contributed by atoms with Gasteiger partial charge in [0.05, 0.1) is 0 Å². The number of hydrogen-bond donors (Lipinski definition) is 2. The monoisotopic (exact) mass is 252 g/mol. The van der Waals surface area contributed by atoms with Crippen LogP contribution >= 0.6 is 11.8 Å². The van der Waals surface area contributed by atoms with Crippen LogP contribution in [0.1, 0.15) is 18.9 Å². The van der Waals surface area contributed by atoms with E-state index in [9.17, 15) is 4.79 Å². The zero-order chi connectivity index (χ0) is 12.5. The van der Waals surface area contributed by atoms with Crippen LogP contribution in [-0.2, 0) is 11.2 Å². The maximum absolute atomic E-state index is 11.2. The Kier molecular flexibility index (Phi) is 6.74. The largest absolute Gasteiger partial charge is 0.356 e. The van der Waals surface area contributed by atoms with E-state index in [-0.39, 0.29) is 5.91 Å². The Bertz CT molecular complexity index is 338. The molecule has 3 nitrogen and oxygen atoms in total. The lowest BCUT2D eigenvalue weighted by Crippen LogP contribution is -2.27. The highest BCUT2D eigenvalue weighted by Gasteiger charge is 1.99. The molecule has 0 spiro atoms. The summed E-state index contributed by atoms with van der Waals surface area (Å²) in [5.41, 5.74) is 6.54. The average Bonchev–Trinajstić information content (AvgIpc) is 2.32. The summed E-state index contributed by atoms with van der Waals surface area (Å²) >= 11 is 1.84. The van der Waals surface area contributed by atoms with Gasteiger partial charge in [-0.3, -0.25) is 4.79 Å². The van der Waals surface area contributed by atoms with Gasteiger partial charge in [0.2, 0.25) is 5.91 Å². The van der Waals surface area contributed by atoms with Gasteiger partial charge in [-0.15, -0.1) is 11.8 Å². The fourth-order valence-corrected chi connectivity index (χ4v) is 2.15. The Morgan fingerprint density at radius 2 is 2.06 bits per heavy atom. The molecular weight excluding hydrogens is 232 g/mol. The fraction of sp³-hybridized carbons (Fsp3) is 0.462. The van der Waals surface area contributed by atoms with E-state index in [1.807, 2.05) is 11.8 Å². The Labute approximate surface area is 107 Å². The lowest BCUT2D eigenvalue weighted by molar-refractivity contribution is -0.120. The number of nitrogens with two attached hydrogens (primary N) is 1. The number of hydrogen-bond acceptors (Lipinski definition) is 3. The van der Waals surface area contributed by atoms with E-state index in [0.29, 0.717) is 19.5 Å². The molecule has 94 valence electrons. The molecule has 0 fully saturated rings. The molecule has 17 heavy (non-hydrogen) atoms. The second-order valence-electron chi connectivity index (χ2n) is 3.72. The molecule has 0 saturated carbocycles. The van der Waals surface area contributed by atoms with Crippen LogP contribution in [0.25, 0.3) is 0 Å². The van der Waals surface area contributed by atoms with Crippen molar-refractivity contribution in [3.8, 4) is 0 Å². The third-order valence-corrected chi connectivity index (χ3v) is 3.24. The summed E-state index contributed by atoms with van der Waals surface area (Å²) in [6.07, 6.45) is 1.28. The second-order valence-corrected chi connectivity index (χ2v) is 5.05. The lowest BCUT2D eigenvalue weighted by Gasteiger charge is -2.05. The number of rotatable bonds is 7. The van der Waals surface area contributed by atoms with Gasteiger partial charge in [0, 0.05) is 24.4 Å². The van der Waals surface area contributed by atoms with Crippen LogP contribution in [0.4, 0.5) is 0 Å². The molecule has 4 heteroatoms. The van der Waals surface area contributed by atoms with E-state index < -0.39 is 0 Å². The molecule has 0 unspecified atom stereocenters. The first-order chi connectivity index (χ1) is 8.26. The number of carbonyl (C=O) groups is 1. The smallest absolute Gasteiger partial charge is 0.221 e. The molecule has 1 aromatic carbocycles. The van der Waals surface area contributed by atoms with Gasteiger partial charge >= 0.3 is 0 Å². The van der Waals surface area contributed by atoms with Crippen molar-refractivity contribution in [1.82, 2.24) is 5.32 Å². The van der Waals surface area contributed by atoms with Crippen LogP contribution in [0.5, 0.6) is 0 Å². The maximum Gasteiger partial charge on any atom is 0.221 e. The van der Waals surface area contributed by atoms with Crippen LogP contribution in [0.3, 0.4) is 0 Å². The highest BCUT2D eigenvalue weighted by Crippen LogP contribution is 2.17. The normalized spacial score (nSPS) is 10.2. The molecule has 0 saturated heterocycles. The van der Waals surface area contributed by atoms with Crippen LogP contribution in [0, 0.1) is 0 Å². The van der Waals surface area contributed by atoms with Crippen molar-refractivity contribution >= 4 is 17.7 Å². The van der Waals surface area contributed by atoms with Crippen molar-refractivity contribution < 1.29 is 4.79 Å². The molecule has 0 aliphatic rings. The van der Waals surface area contributed by atoms with Crippen molar-refractivity contribution in [3.63, 3.8) is 0 Å². The number of carbonyl (C=O) groups excluding carboxylic acids is 1. The SMILES string of the molecule is CCSc1ccc(CCNC(=O)CCN)cc1. The minimum absolute atomic E-state index is 0.0330. The van der Waals surface area contributed by atoms with Crippen molar-refractivity contribution in [2.75, 3.05) is 18.8 Å². The molecule has 1 aromatic rings. The molecule has 1 amide bonds. The first kappa shape index (κ1) is 14.1. The zero-order valence-electron chi connectivity index (χ0n) is 10.2. The van der Waals surface area contributed by atoms with E-state index in [4.69, 9.17) is 5.73 Å². The molecule has 0 atom stereocenters. The molecule has 0 aliphatic carbocycles. The predicted molar refractivity (Wildman–Crippen MR) is 73.2 cm³/mol. The van der Waals surface area contributed by atoms with Gasteiger partial charge < -0.3 is 11.1 Å². The van der Waals surface area contributed by atoms with Gasteiger partial charge in [-0.25, -0.2) is 0 Å². The van der Waals surface area contributed by atoms with Gasteiger partial charge in [0.25, 0.3) is 0 Å². The third kappa shape index (κ3) is 5.75. The molecule has 0 heterocycles. The number of benzene rings is 1. The van der Waals surface area contributed by atoms with Gasteiger partial charge in [-0.05, 0) is 29.9 Å². The molecule has 1 rings (SSSR count). The highest BCUT2D eigenvalue weighted by atomic mass is 32.2. The van der Waals surface area contributed by atoms with Gasteiger partial charge in [-0.2, -0.15) is 0 Å². The van der Waals surface area contributed by atoms with Crippen LogP contribution < -0.4 is 11.1 Å². The molecule has 0 radical (unpaired) electrons. The first-order valence-corrected chi connectivity index (χ1v) is 6.93. The standard InChI is InChI=1S/C13H20N2OS/c1-2-17-12-5-3-11(4-6-12)8-10-15-13(16)7-9-14/h3-6H,2,7-10,14H2,1H3,(H,15,16). The Balaban J connectivity index is 2.29. The minimum Gasteiger partial charge on any atom is -0.356 e. The van der Waals surface area contributed by atoms with E-state index in [0.717, 1.165) is 12.2 Å². The van der Waals surface area contributed by atoms with Crippen molar-refractivity contribution in [1.29, 1.82) is 0 Å². The topological polar surface area (TPSA) is 55.1 Å². The Hall–Kier alpha value is -1.00. The van der Waals surface area contributed by atoms with Crippen LogP contribution in [0.2, 0.25) is 0 Å². The first-order valence-electron chi connectivity index (χ1n) is 5.94. The second kappa shape index (κ2) is 8.14. The lowest BCUT2D eigenvalue weighted by atomic mass is 10.1. The summed E-state index contributed by atoms with van der Waals surface area (Å²) in [6.45, 7) is 3.24.